The lowest BCUT2D eigenvalue weighted by atomic mass is 10.1. The van der Waals surface area contributed by atoms with E-state index >= 15 is 0 Å². The highest BCUT2D eigenvalue weighted by Crippen LogP contribution is 2.25. The van der Waals surface area contributed by atoms with Gasteiger partial charge in [0.2, 0.25) is 0 Å². The van der Waals surface area contributed by atoms with Crippen molar-refractivity contribution in [3.63, 3.8) is 0 Å². The maximum atomic E-state index is 12.7. The number of para-hydroxylation sites is 1. The standard InChI is InChI=1S/C20H19ClN2O3S/c1-4-26-17(24)11-23-18-15(21)6-5-7-16(18)27-20(23)22-19(25)14-9-8-12(2)10-13(14)3/h5-10H,4,11H2,1-3H3. The molecule has 3 rings (SSSR count). The van der Waals surface area contributed by atoms with E-state index in [0.29, 0.717) is 20.9 Å². The van der Waals surface area contributed by atoms with Gasteiger partial charge in [-0.05, 0) is 44.5 Å². The van der Waals surface area contributed by atoms with Crippen LogP contribution in [0.4, 0.5) is 0 Å². The summed E-state index contributed by atoms with van der Waals surface area (Å²) in [5, 5.41) is 0.494. The zero-order chi connectivity index (χ0) is 19.6. The van der Waals surface area contributed by atoms with E-state index in [1.807, 2.05) is 38.1 Å². The van der Waals surface area contributed by atoms with Gasteiger partial charge in [0.25, 0.3) is 5.91 Å². The fourth-order valence-electron chi connectivity index (χ4n) is 2.86. The molecule has 0 fully saturated rings. The van der Waals surface area contributed by atoms with Crippen LogP contribution in [0.5, 0.6) is 0 Å². The van der Waals surface area contributed by atoms with E-state index in [-0.39, 0.29) is 19.1 Å². The summed E-state index contributed by atoms with van der Waals surface area (Å²) in [6, 6.07) is 11.0. The molecule has 1 heterocycles. The van der Waals surface area contributed by atoms with Crippen molar-refractivity contribution in [2.24, 2.45) is 4.99 Å². The molecular formula is C20H19ClN2O3S. The van der Waals surface area contributed by atoms with Gasteiger partial charge in [0.15, 0.2) is 4.80 Å². The van der Waals surface area contributed by atoms with Crippen molar-refractivity contribution >= 4 is 45.0 Å². The highest BCUT2D eigenvalue weighted by Gasteiger charge is 2.15. The molecule has 0 N–H and O–H groups in total. The Labute approximate surface area is 165 Å². The van der Waals surface area contributed by atoms with E-state index in [1.165, 1.54) is 11.3 Å². The number of hydrogen-bond donors (Lipinski definition) is 0. The van der Waals surface area contributed by atoms with Gasteiger partial charge in [-0.3, -0.25) is 9.59 Å². The van der Waals surface area contributed by atoms with E-state index < -0.39 is 5.97 Å². The number of amides is 1. The molecule has 0 saturated heterocycles. The molecule has 2 aromatic carbocycles. The van der Waals surface area contributed by atoms with Gasteiger partial charge in [0.05, 0.1) is 21.8 Å². The number of hydrogen-bond acceptors (Lipinski definition) is 4. The molecule has 0 bridgehead atoms. The minimum atomic E-state index is -0.405. The van der Waals surface area contributed by atoms with E-state index in [0.717, 1.165) is 15.8 Å². The number of carbonyl (C=O) groups excluding carboxylic acids is 2. The summed E-state index contributed by atoms with van der Waals surface area (Å²) in [7, 11) is 0. The third-order valence-corrected chi connectivity index (χ3v) is 5.40. The normalized spacial score (nSPS) is 11.8. The molecule has 3 aromatic rings. The number of esters is 1. The number of nitrogens with zero attached hydrogens (tertiary/aromatic N) is 2. The average molecular weight is 403 g/mol. The van der Waals surface area contributed by atoms with Gasteiger partial charge in [-0.2, -0.15) is 4.99 Å². The predicted octanol–water partition coefficient (Wildman–Crippen LogP) is 4.28. The number of carbonyl (C=O) groups is 2. The molecule has 0 radical (unpaired) electrons. The summed E-state index contributed by atoms with van der Waals surface area (Å²) in [6.07, 6.45) is 0. The lowest BCUT2D eigenvalue weighted by Crippen LogP contribution is -2.23. The second kappa shape index (κ2) is 8.06. The van der Waals surface area contributed by atoms with Crippen molar-refractivity contribution in [3.05, 3.63) is 62.9 Å². The monoisotopic (exact) mass is 402 g/mol. The number of rotatable bonds is 4. The van der Waals surface area contributed by atoms with Crippen molar-refractivity contribution in [2.45, 2.75) is 27.3 Å². The number of ether oxygens (including phenoxy) is 1. The Kier molecular flexibility index (Phi) is 5.77. The first-order valence-electron chi connectivity index (χ1n) is 8.50. The Hall–Kier alpha value is -2.44. The number of aromatic nitrogens is 1. The highest BCUT2D eigenvalue weighted by molar-refractivity contribution is 7.16. The second-order valence-corrected chi connectivity index (χ2v) is 7.51. The minimum Gasteiger partial charge on any atom is -0.465 e. The summed E-state index contributed by atoms with van der Waals surface area (Å²) in [5.41, 5.74) is 3.14. The number of benzene rings is 2. The van der Waals surface area contributed by atoms with Gasteiger partial charge in [0.1, 0.15) is 6.54 Å². The average Bonchev–Trinajstić information content (AvgIpc) is 2.93. The van der Waals surface area contributed by atoms with Crippen LogP contribution >= 0.6 is 22.9 Å². The molecule has 0 aliphatic heterocycles. The van der Waals surface area contributed by atoms with Crippen molar-refractivity contribution in [1.82, 2.24) is 4.57 Å². The lowest BCUT2D eigenvalue weighted by Gasteiger charge is -2.06. The zero-order valence-corrected chi connectivity index (χ0v) is 16.9. The van der Waals surface area contributed by atoms with E-state index in [9.17, 15) is 9.59 Å². The van der Waals surface area contributed by atoms with Gasteiger partial charge in [0, 0.05) is 5.56 Å². The van der Waals surface area contributed by atoms with Crippen LogP contribution in [-0.4, -0.2) is 23.1 Å². The molecule has 0 saturated carbocycles. The summed E-state index contributed by atoms with van der Waals surface area (Å²) >= 11 is 7.65. The van der Waals surface area contributed by atoms with Crippen molar-refractivity contribution in [2.75, 3.05) is 6.61 Å². The number of aryl methyl sites for hydroxylation is 2. The summed E-state index contributed by atoms with van der Waals surface area (Å²) in [4.78, 5) is 29.5. The first-order chi connectivity index (χ1) is 12.9. The van der Waals surface area contributed by atoms with Crippen LogP contribution in [0.1, 0.15) is 28.4 Å². The molecule has 0 unspecified atom stereocenters. The van der Waals surface area contributed by atoms with E-state index in [2.05, 4.69) is 4.99 Å². The third kappa shape index (κ3) is 4.12. The number of halogens is 1. The van der Waals surface area contributed by atoms with Crippen LogP contribution in [0, 0.1) is 13.8 Å². The Balaban J connectivity index is 2.14. The van der Waals surface area contributed by atoms with Crippen LogP contribution < -0.4 is 4.80 Å². The molecule has 0 spiro atoms. The lowest BCUT2D eigenvalue weighted by molar-refractivity contribution is -0.143. The first-order valence-corrected chi connectivity index (χ1v) is 9.70. The van der Waals surface area contributed by atoms with Crippen LogP contribution in [0.15, 0.2) is 41.4 Å². The van der Waals surface area contributed by atoms with Crippen LogP contribution in [0.25, 0.3) is 10.2 Å². The Morgan fingerprint density at radius 3 is 2.70 bits per heavy atom. The van der Waals surface area contributed by atoms with Crippen LogP contribution in [-0.2, 0) is 16.1 Å². The third-order valence-electron chi connectivity index (χ3n) is 4.05. The van der Waals surface area contributed by atoms with Crippen molar-refractivity contribution in [3.8, 4) is 0 Å². The predicted molar refractivity (Wildman–Crippen MR) is 107 cm³/mol. The molecule has 7 heteroatoms. The first kappa shape index (κ1) is 19.3. The fourth-order valence-corrected chi connectivity index (χ4v) is 4.24. The number of thiazole rings is 1. The second-order valence-electron chi connectivity index (χ2n) is 6.10. The Morgan fingerprint density at radius 2 is 2.00 bits per heavy atom. The number of fused-ring (bicyclic) bond motifs is 1. The molecule has 1 aromatic heterocycles. The van der Waals surface area contributed by atoms with Gasteiger partial charge in [-0.1, -0.05) is 46.7 Å². The summed E-state index contributed by atoms with van der Waals surface area (Å²) < 4.78 is 7.54. The van der Waals surface area contributed by atoms with Crippen LogP contribution in [0.2, 0.25) is 5.02 Å². The molecule has 0 atom stereocenters. The van der Waals surface area contributed by atoms with Crippen LogP contribution in [0.3, 0.4) is 0 Å². The molecule has 0 aliphatic rings. The maximum absolute atomic E-state index is 12.7. The van der Waals surface area contributed by atoms with Crippen molar-refractivity contribution < 1.29 is 14.3 Å². The van der Waals surface area contributed by atoms with Crippen molar-refractivity contribution in [1.29, 1.82) is 0 Å². The molecule has 140 valence electrons. The van der Waals surface area contributed by atoms with Gasteiger partial charge in [-0.15, -0.1) is 0 Å². The Morgan fingerprint density at radius 1 is 1.22 bits per heavy atom. The zero-order valence-electron chi connectivity index (χ0n) is 15.3. The Bertz CT molecular complexity index is 1100. The molecule has 5 nitrogen and oxygen atoms in total. The molecule has 0 aliphatic carbocycles. The minimum absolute atomic E-state index is 0.0590. The smallest absolute Gasteiger partial charge is 0.326 e. The molecular weight excluding hydrogens is 384 g/mol. The van der Waals surface area contributed by atoms with Gasteiger partial charge < -0.3 is 9.30 Å². The van der Waals surface area contributed by atoms with Gasteiger partial charge >= 0.3 is 5.97 Å². The largest absolute Gasteiger partial charge is 0.465 e. The summed E-state index contributed by atoms with van der Waals surface area (Å²) in [5.74, 6) is -0.759. The molecule has 1 amide bonds. The van der Waals surface area contributed by atoms with Gasteiger partial charge in [-0.25, -0.2) is 0 Å². The highest BCUT2D eigenvalue weighted by atomic mass is 35.5. The van der Waals surface area contributed by atoms with E-state index in [1.54, 1.807) is 23.6 Å². The fraction of sp³-hybridized carbons (Fsp3) is 0.250. The molecule has 27 heavy (non-hydrogen) atoms. The maximum Gasteiger partial charge on any atom is 0.326 e. The SMILES string of the molecule is CCOC(=O)Cn1c(=NC(=O)c2ccc(C)cc2C)sc2cccc(Cl)c21. The van der Waals surface area contributed by atoms with E-state index in [4.69, 9.17) is 16.3 Å². The summed E-state index contributed by atoms with van der Waals surface area (Å²) in [6.45, 7) is 5.82. The topological polar surface area (TPSA) is 60.7 Å². The quantitative estimate of drug-likeness (QED) is 0.612.